The highest BCUT2D eigenvalue weighted by molar-refractivity contribution is 5.86. The maximum absolute atomic E-state index is 13.4. The van der Waals surface area contributed by atoms with Crippen molar-refractivity contribution in [1.82, 2.24) is 29.7 Å². The molecular weight excluding hydrogens is 494 g/mol. The Balaban J connectivity index is 1.30. The first-order chi connectivity index (χ1) is 18.6. The van der Waals surface area contributed by atoms with Crippen molar-refractivity contribution >= 4 is 17.8 Å². The lowest BCUT2D eigenvalue weighted by Crippen LogP contribution is -2.61. The molecule has 200 valence electrons. The minimum Gasteiger partial charge on any atom is -0.486 e. The molecule has 0 spiro atoms. The van der Waals surface area contributed by atoms with Gasteiger partial charge in [-0.3, -0.25) is 14.3 Å². The van der Waals surface area contributed by atoms with E-state index in [1.54, 1.807) is 23.3 Å². The van der Waals surface area contributed by atoms with Gasteiger partial charge in [-0.15, -0.1) is 0 Å². The maximum atomic E-state index is 13.4. The number of fused-ring (bicyclic) bond motifs is 1. The lowest BCUT2D eigenvalue weighted by Gasteiger charge is -2.40. The van der Waals surface area contributed by atoms with Gasteiger partial charge in [0.1, 0.15) is 50.2 Å². The smallest absolute Gasteiger partial charge is 0.410 e. The molecule has 2 aliphatic rings. The Hall–Kier alpha value is -4.39. The highest BCUT2D eigenvalue weighted by Crippen LogP contribution is 2.30. The third kappa shape index (κ3) is 5.78. The minimum absolute atomic E-state index is 0.0985. The standard InChI is InChI=1S/C25H29N7O6/c1-35-8-9-38-25(34)32-7-6-30(22-13-23(29-16-28-22)31-5-4-26-17-31)15-19(32)24(33)27-14-18-2-3-20-21(12-18)37-11-10-36-20/h2-5,12-13,16-17,19H,6-11,14-15H2,1H3,(H,27,33). The summed E-state index contributed by atoms with van der Waals surface area (Å²) >= 11 is 0. The van der Waals surface area contributed by atoms with Gasteiger partial charge < -0.3 is 29.2 Å². The van der Waals surface area contributed by atoms with Gasteiger partial charge in [0, 0.05) is 51.7 Å². The first kappa shape index (κ1) is 25.3. The number of piperazine rings is 1. The summed E-state index contributed by atoms with van der Waals surface area (Å²) in [5.41, 5.74) is 0.852. The molecule has 0 bridgehead atoms. The molecule has 2 aromatic heterocycles. The molecule has 13 nitrogen and oxygen atoms in total. The van der Waals surface area contributed by atoms with Gasteiger partial charge in [0.2, 0.25) is 5.91 Å². The molecule has 0 radical (unpaired) electrons. The van der Waals surface area contributed by atoms with Gasteiger partial charge in [-0.25, -0.2) is 19.7 Å². The molecule has 2 amide bonds. The second-order valence-electron chi connectivity index (χ2n) is 8.66. The predicted octanol–water partition coefficient (Wildman–Crippen LogP) is 1.02. The molecule has 1 unspecified atom stereocenters. The van der Waals surface area contributed by atoms with Crippen molar-refractivity contribution in [3.05, 3.63) is 54.9 Å². The van der Waals surface area contributed by atoms with Crippen molar-refractivity contribution in [1.29, 1.82) is 0 Å². The van der Waals surface area contributed by atoms with Crippen molar-refractivity contribution in [2.24, 2.45) is 0 Å². The molecule has 1 atom stereocenters. The molecule has 2 aliphatic heterocycles. The van der Waals surface area contributed by atoms with E-state index in [2.05, 4.69) is 20.3 Å². The number of hydrogen-bond donors (Lipinski definition) is 1. The Morgan fingerprint density at radius 2 is 1.92 bits per heavy atom. The van der Waals surface area contributed by atoms with Crippen molar-refractivity contribution in [2.45, 2.75) is 12.6 Å². The van der Waals surface area contributed by atoms with E-state index in [4.69, 9.17) is 18.9 Å². The number of imidazole rings is 1. The molecule has 38 heavy (non-hydrogen) atoms. The fourth-order valence-corrected chi connectivity index (χ4v) is 4.28. The summed E-state index contributed by atoms with van der Waals surface area (Å²) in [5, 5.41) is 2.95. The third-order valence-electron chi connectivity index (χ3n) is 6.24. The fraction of sp³-hybridized carbons (Fsp3) is 0.400. The van der Waals surface area contributed by atoms with Crippen LogP contribution in [0.5, 0.6) is 11.5 Å². The number of anilines is 1. The van der Waals surface area contributed by atoms with E-state index in [9.17, 15) is 9.59 Å². The van der Waals surface area contributed by atoms with Crippen LogP contribution >= 0.6 is 0 Å². The van der Waals surface area contributed by atoms with Crippen LogP contribution in [0.25, 0.3) is 5.82 Å². The van der Waals surface area contributed by atoms with Gasteiger partial charge in [0.15, 0.2) is 11.5 Å². The number of methoxy groups -OCH3 is 1. The molecule has 0 saturated carbocycles. The van der Waals surface area contributed by atoms with E-state index in [0.29, 0.717) is 42.9 Å². The van der Waals surface area contributed by atoms with Gasteiger partial charge in [-0.05, 0) is 17.7 Å². The second kappa shape index (κ2) is 11.8. The summed E-state index contributed by atoms with van der Waals surface area (Å²) in [6, 6.07) is 6.55. The van der Waals surface area contributed by atoms with Gasteiger partial charge in [0.25, 0.3) is 0 Å². The van der Waals surface area contributed by atoms with E-state index < -0.39 is 12.1 Å². The summed E-state index contributed by atoms with van der Waals surface area (Å²) in [6.45, 7) is 2.58. The zero-order valence-corrected chi connectivity index (χ0v) is 21.0. The molecule has 1 saturated heterocycles. The summed E-state index contributed by atoms with van der Waals surface area (Å²) in [6.07, 6.45) is 6.00. The zero-order chi connectivity index (χ0) is 26.3. The fourth-order valence-electron chi connectivity index (χ4n) is 4.28. The number of hydrogen-bond acceptors (Lipinski definition) is 10. The number of amides is 2. The Morgan fingerprint density at radius 1 is 1.08 bits per heavy atom. The number of nitrogens with one attached hydrogen (secondary N) is 1. The van der Waals surface area contributed by atoms with E-state index in [1.165, 1.54) is 18.3 Å². The van der Waals surface area contributed by atoms with E-state index in [0.717, 1.165) is 5.56 Å². The number of ether oxygens (including phenoxy) is 4. The van der Waals surface area contributed by atoms with E-state index in [-0.39, 0.29) is 38.8 Å². The van der Waals surface area contributed by atoms with Crippen LogP contribution in [0, 0.1) is 0 Å². The van der Waals surface area contributed by atoms with Crippen LogP contribution < -0.4 is 19.7 Å². The molecule has 1 aromatic carbocycles. The predicted molar refractivity (Wildman–Crippen MR) is 134 cm³/mol. The molecule has 3 aromatic rings. The third-order valence-corrected chi connectivity index (χ3v) is 6.24. The molecule has 1 fully saturated rings. The van der Waals surface area contributed by atoms with Crippen LogP contribution in [0.3, 0.4) is 0 Å². The van der Waals surface area contributed by atoms with E-state index >= 15 is 0 Å². The van der Waals surface area contributed by atoms with Crippen molar-refractivity contribution in [2.75, 3.05) is 58.1 Å². The largest absolute Gasteiger partial charge is 0.486 e. The van der Waals surface area contributed by atoms with Crippen LogP contribution in [-0.4, -0.2) is 95.6 Å². The van der Waals surface area contributed by atoms with Crippen LogP contribution in [-0.2, 0) is 20.8 Å². The van der Waals surface area contributed by atoms with Crippen LogP contribution in [0.1, 0.15) is 5.56 Å². The van der Waals surface area contributed by atoms with Gasteiger partial charge in [-0.1, -0.05) is 6.07 Å². The number of carbonyl (C=O) groups excluding carboxylic acids is 2. The minimum atomic E-state index is -0.803. The normalized spacial score (nSPS) is 16.7. The highest BCUT2D eigenvalue weighted by atomic mass is 16.6. The molecule has 1 N–H and O–H groups in total. The average molecular weight is 524 g/mol. The van der Waals surface area contributed by atoms with Crippen LogP contribution in [0.4, 0.5) is 10.6 Å². The number of benzene rings is 1. The van der Waals surface area contributed by atoms with Gasteiger partial charge >= 0.3 is 6.09 Å². The number of nitrogens with zero attached hydrogens (tertiary/aromatic N) is 6. The Bertz CT molecular complexity index is 1250. The number of aromatic nitrogens is 4. The molecule has 5 rings (SSSR count). The van der Waals surface area contributed by atoms with Crippen LogP contribution in [0.15, 0.2) is 49.3 Å². The maximum Gasteiger partial charge on any atom is 0.410 e. The Kier molecular flexibility index (Phi) is 7.83. The van der Waals surface area contributed by atoms with Crippen LogP contribution in [0.2, 0.25) is 0 Å². The Morgan fingerprint density at radius 3 is 2.74 bits per heavy atom. The zero-order valence-electron chi connectivity index (χ0n) is 21.0. The van der Waals surface area contributed by atoms with Gasteiger partial charge in [-0.2, -0.15) is 0 Å². The first-order valence-electron chi connectivity index (χ1n) is 12.3. The summed E-state index contributed by atoms with van der Waals surface area (Å²) in [5.74, 6) is 2.30. The van der Waals surface area contributed by atoms with Crippen molar-refractivity contribution in [3.8, 4) is 17.3 Å². The number of carbonyl (C=O) groups is 2. The molecular formula is C25H29N7O6. The van der Waals surface area contributed by atoms with E-state index in [1.807, 2.05) is 29.2 Å². The summed E-state index contributed by atoms with van der Waals surface area (Å²) in [7, 11) is 1.53. The molecule has 4 heterocycles. The second-order valence-corrected chi connectivity index (χ2v) is 8.66. The quantitative estimate of drug-likeness (QED) is 0.427. The summed E-state index contributed by atoms with van der Waals surface area (Å²) < 4.78 is 23.3. The summed E-state index contributed by atoms with van der Waals surface area (Å²) in [4.78, 5) is 42.4. The number of rotatable bonds is 8. The van der Waals surface area contributed by atoms with Crippen molar-refractivity contribution in [3.63, 3.8) is 0 Å². The topological polar surface area (TPSA) is 133 Å². The monoisotopic (exact) mass is 523 g/mol. The lowest BCUT2D eigenvalue weighted by atomic mass is 10.1. The molecule has 0 aliphatic carbocycles. The highest BCUT2D eigenvalue weighted by Gasteiger charge is 2.37. The van der Waals surface area contributed by atoms with Crippen molar-refractivity contribution < 1.29 is 28.5 Å². The van der Waals surface area contributed by atoms with Gasteiger partial charge in [0.05, 0.1) is 6.61 Å². The first-order valence-corrected chi connectivity index (χ1v) is 12.3. The SMILES string of the molecule is COCCOC(=O)N1CCN(c2cc(-n3ccnc3)ncn2)CC1C(=O)NCc1ccc2c(c1)OCCO2. The average Bonchev–Trinajstić information content (AvgIpc) is 3.51. The lowest BCUT2D eigenvalue weighted by molar-refractivity contribution is -0.126. The molecule has 13 heteroatoms. The Labute approximate surface area is 219 Å².